The zero-order valence-electron chi connectivity index (χ0n) is 20.3. The number of hydrogen-bond acceptors (Lipinski definition) is 3. The predicted molar refractivity (Wildman–Crippen MR) is 143 cm³/mol. The number of nitrogens with zero attached hydrogens (tertiary/aromatic N) is 2. The standard InChI is InChI=1S/C32H23ClN2O3/c33-21-16-14-20(15-17-21)30(36)34(18-19-8-2-1-3-9-19)35-31(37)28-26-22-10-4-5-11-23(22)27(29(28)32(35)38)25-13-7-6-12-24(25)26/h1-17,26-29H,18H2/t26?,27?,28-,29-/m0/s1. The number of benzene rings is 4. The van der Waals surface area contributed by atoms with Gasteiger partial charge >= 0.3 is 0 Å². The fraction of sp³-hybridized carbons (Fsp3) is 0.156. The van der Waals surface area contributed by atoms with Crippen molar-refractivity contribution in [2.24, 2.45) is 11.8 Å². The van der Waals surface area contributed by atoms with Gasteiger partial charge in [0.25, 0.3) is 17.7 Å². The van der Waals surface area contributed by atoms with E-state index < -0.39 is 17.7 Å². The van der Waals surface area contributed by atoms with Crippen molar-refractivity contribution in [3.8, 4) is 0 Å². The highest BCUT2D eigenvalue weighted by molar-refractivity contribution is 6.30. The highest BCUT2D eigenvalue weighted by Crippen LogP contribution is 2.61. The summed E-state index contributed by atoms with van der Waals surface area (Å²) >= 11 is 6.07. The van der Waals surface area contributed by atoms with E-state index in [4.69, 9.17) is 11.6 Å². The van der Waals surface area contributed by atoms with Crippen LogP contribution in [0.2, 0.25) is 5.02 Å². The average Bonchev–Trinajstić information content (AvgIpc) is 3.22. The molecule has 0 N–H and O–H groups in total. The van der Waals surface area contributed by atoms with Crippen molar-refractivity contribution >= 4 is 29.3 Å². The van der Waals surface area contributed by atoms with Crippen LogP contribution >= 0.6 is 11.6 Å². The molecule has 3 aliphatic carbocycles. The molecule has 1 saturated heterocycles. The van der Waals surface area contributed by atoms with E-state index in [0.29, 0.717) is 10.6 Å². The van der Waals surface area contributed by atoms with Crippen molar-refractivity contribution in [3.05, 3.63) is 142 Å². The molecule has 5 nitrogen and oxygen atoms in total. The van der Waals surface area contributed by atoms with Gasteiger partial charge < -0.3 is 0 Å². The Morgan fingerprint density at radius 2 is 1.11 bits per heavy atom. The van der Waals surface area contributed by atoms with Gasteiger partial charge in [0.05, 0.1) is 18.4 Å². The van der Waals surface area contributed by atoms with Crippen LogP contribution in [-0.4, -0.2) is 27.7 Å². The SMILES string of the molecule is O=C(c1ccc(Cl)cc1)N(Cc1ccccc1)N1C(=O)[C@H]2C3c4ccccc4C(c4ccccc43)[C@@H]2C1=O. The van der Waals surface area contributed by atoms with Crippen LogP contribution in [-0.2, 0) is 16.1 Å². The number of imide groups is 1. The molecule has 1 aliphatic heterocycles. The molecule has 4 aliphatic rings. The van der Waals surface area contributed by atoms with Gasteiger partial charge in [-0.15, -0.1) is 0 Å². The van der Waals surface area contributed by atoms with Crippen LogP contribution < -0.4 is 0 Å². The second-order valence-corrected chi connectivity index (χ2v) is 10.5. The van der Waals surface area contributed by atoms with Crippen LogP contribution in [0.4, 0.5) is 0 Å². The molecule has 0 saturated carbocycles. The van der Waals surface area contributed by atoms with Gasteiger partial charge in [-0.2, -0.15) is 5.01 Å². The van der Waals surface area contributed by atoms with E-state index >= 15 is 0 Å². The molecule has 4 aromatic rings. The fourth-order valence-electron chi connectivity index (χ4n) is 6.63. The topological polar surface area (TPSA) is 57.7 Å². The van der Waals surface area contributed by atoms with Crippen LogP contribution in [0.5, 0.6) is 0 Å². The molecular weight excluding hydrogens is 496 g/mol. The normalized spacial score (nSPS) is 22.6. The third kappa shape index (κ3) is 3.28. The molecule has 0 aromatic heterocycles. The van der Waals surface area contributed by atoms with Crippen LogP contribution in [0.15, 0.2) is 103 Å². The molecule has 4 aromatic carbocycles. The molecule has 8 rings (SSSR count). The first-order valence-electron chi connectivity index (χ1n) is 12.7. The van der Waals surface area contributed by atoms with Crippen molar-refractivity contribution in [2.45, 2.75) is 18.4 Å². The Hall–Kier alpha value is -4.22. The Bertz CT molecular complexity index is 1490. The molecule has 1 fully saturated rings. The predicted octanol–water partition coefficient (Wildman–Crippen LogP) is 5.79. The molecule has 1 heterocycles. The maximum atomic E-state index is 14.3. The van der Waals surface area contributed by atoms with Crippen molar-refractivity contribution < 1.29 is 14.4 Å². The minimum Gasteiger partial charge on any atom is -0.272 e. The van der Waals surface area contributed by atoms with E-state index in [1.54, 1.807) is 24.3 Å². The fourth-order valence-corrected chi connectivity index (χ4v) is 6.76. The summed E-state index contributed by atoms with van der Waals surface area (Å²) in [5, 5.41) is 2.95. The summed E-state index contributed by atoms with van der Waals surface area (Å²) in [6, 6.07) is 32.2. The van der Waals surface area contributed by atoms with E-state index in [2.05, 4.69) is 24.3 Å². The molecule has 0 radical (unpaired) electrons. The Balaban J connectivity index is 1.35. The third-order valence-corrected chi connectivity index (χ3v) is 8.42. The van der Waals surface area contributed by atoms with E-state index in [0.717, 1.165) is 32.8 Å². The summed E-state index contributed by atoms with van der Waals surface area (Å²) in [6.07, 6.45) is 0. The quantitative estimate of drug-likeness (QED) is 0.321. The second-order valence-electron chi connectivity index (χ2n) is 10.1. The molecular formula is C32H23ClN2O3. The average molecular weight is 519 g/mol. The molecule has 2 atom stereocenters. The van der Waals surface area contributed by atoms with Gasteiger partial charge in [-0.1, -0.05) is 90.5 Å². The maximum absolute atomic E-state index is 14.3. The Morgan fingerprint density at radius 3 is 1.58 bits per heavy atom. The van der Waals surface area contributed by atoms with E-state index in [9.17, 15) is 14.4 Å². The van der Waals surface area contributed by atoms with Crippen molar-refractivity contribution in [3.63, 3.8) is 0 Å². The zero-order valence-corrected chi connectivity index (χ0v) is 21.1. The largest absolute Gasteiger partial charge is 0.273 e. The highest BCUT2D eigenvalue weighted by atomic mass is 35.5. The lowest BCUT2D eigenvalue weighted by Gasteiger charge is -2.45. The number of hydrazine groups is 1. The lowest BCUT2D eigenvalue weighted by atomic mass is 9.55. The Morgan fingerprint density at radius 1 is 0.658 bits per heavy atom. The first kappa shape index (κ1) is 22.9. The van der Waals surface area contributed by atoms with Gasteiger partial charge in [0.15, 0.2) is 0 Å². The smallest absolute Gasteiger partial charge is 0.272 e. The van der Waals surface area contributed by atoms with Crippen molar-refractivity contribution in [1.82, 2.24) is 10.0 Å². The minimum atomic E-state index is -0.561. The van der Waals surface area contributed by atoms with Crippen LogP contribution in [0.1, 0.15) is 50.0 Å². The first-order chi connectivity index (χ1) is 18.5. The van der Waals surface area contributed by atoms with Crippen LogP contribution in [0.25, 0.3) is 0 Å². The minimum absolute atomic E-state index is 0.0917. The van der Waals surface area contributed by atoms with Crippen molar-refractivity contribution in [1.29, 1.82) is 0 Å². The molecule has 6 heteroatoms. The molecule has 0 spiro atoms. The second kappa shape index (κ2) is 8.67. The molecule has 3 amide bonds. The molecule has 186 valence electrons. The summed E-state index contributed by atoms with van der Waals surface area (Å²) in [7, 11) is 0. The monoisotopic (exact) mass is 518 g/mol. The number of carbonyl (C=O) groups is 3. The molecule has 2 bridgehead atoms. The lowest BCUT2D eigenvalue weighted by Crippen LogP contribution is -2.50. The van der Waals surface area contributed by atoms with E-state index in [1.807, 2.05) is 54.6 Å². The van der Waals surface area contributed by atoms with Gasteiger partial charge in [-0.25, -0.2) is 5.01 Å². The third-order valence-electron chi connectivity index (χ3n) is 8.17. The van der Waals surface area contributed by atoms with Crippen LogP contribution in [0, 0.1) is 11.8 Å². The van der Waals surface area contributed by atoms with Gasteiger partial charge in [-0.05, 0) is 52.1 Å². The molecule has 38 heavy (non-hydrogen) atoms. The van der Waals surface area contributed by atoms with Gasteiger partial charge in [-0.3, -0.25) is 14.4 Å². The van der Waals surface area contributed by atoms with Gasteiger partial charge in [0.2, 0.25) is 0 Å². The highest BCUT2D eigenvalue weighted by Gasteiger charge is 2.63. The number of carbonyl (C=O) groups excluding carboxylic acids is 3. The van der Waals surface area contributed by atoms with E-state index in [1.165, 1.54) is 5.01 Å². The summed E-state index contributed by atoms with van der Waals surface area (Å²) in [4.78, 5) is 42.4. The Labute approximate surface area is 225 Å². The summed E-state index contributed by atoms with van der Waals surface area (Å²) in [6.45, 7) is 0.0917. The summed E-state index contributed by atoms with van der Waals surface area (Å²) in [5.74, 6) is -2.66. The van der Waals surface area contributed by atoms with Gasteiger partial charge in [0.1, 0.15) is 0 Å². The van der Waals surface area contributed by atoms with E-state index in [-0.39, 0.29) is 30.2 Å². The van der Waals surface area contributed by atoms with Gasteiger partial charge in [0, 0.05) is 22.4 Å². The zero-order chi connectivity index (χ0) is 26.0. The lowest BCUT2D eigenvalue weighted by molar-refractivity contribution is -0.155. The summed E-state index contributed by atoms with van der Waals surface area (Å²) in [5.41, 5.74) is 5.56. The van der Waals surface area contributed by atoms with Crippen LogP contribution in [0.3, 0.4) is 0 Å². The summed E-state index contributed by atoms with van der Waals surface area (Å²) < 4.78 is 0. The van der Waals surface area contributed by atoms with Crippen molar-refractivity contribution in [2.75, 3.05) is 0 Å². The Kier molecular flexibility index (Phi) is 5.24. The number of rotatable bonds is 4. The first-order valence-corrected chi connectivity index (χ1v) is 13.1. The number of hydrogen-bond donors (Lipinski definition) is 0. The maximum Gasteiger partial charge on any atom is 0.273 e. The number of halogens is 1. The number of amides is 3. The molecule has 0 unspecified atom stereocenters.